The molecule has 0 aliphatic heterocycles. The van der Waals surface area contributed by atoms with Gasteiger partial charge in [0.2, 0.25) is 0 Å². The number of aryl methyl sites for hydroxylation is 1. The molecule has 0 saturated heterocycles. The minimum atomic E-state index is 0.0358. The van der Waals surface area contributed by atoms with Gasteiger partial charge in [0.05, 0.1) is 0 Å². The van der Waals surface area contributed by atoms with Crippen molar-refractivity contribution in [2.24, 2.45) is 0 Å². The Kier molecular flexibility index (Phi) is 2.56. The number of aromatic hydroxyl groups is 1. The number of Topliss-reactive ketones (excluding diaryl/α,β-unsaturated/α-hetero) is 1. The van der Waals surface area contributed by atoms with Gasteiger partial charge in [-0.1, -0.05) is 12.1 Å². The zero-order chi connectivity index (χ0) is 12.7. The van der Waals surface area contributed by atoms with Gasteiger partial charge in [0.1, 0.15) is 5.75 Å². The van der Waals surface area contributed by atoms with E-state index < -0.39 is 0 Å². The fraction of sp³-hybridized carbons (Fsp3) is 0.133. The Morgan fingerprint density at radius 3 is 2.83 bits per heavy atom. The van der Waals surface area contributed by atoms with Crippen LogP contribution in [0.3, 0.4) is 0 Å². The van der Waals surface area contributed by atoms with E-state index in [2.05, 4.69) is 0 Å². The second kappa shape index (κ2) is 4.10. The molecule has 1 aliphatic carbocycles. The van der Waals surface area contributed by atoms with Crippen molar-refractivity contribution >= 4 is 23.2 Å². The number of carbonyl (C=O) groups excluding carboxylic acids is 1. The zero-order valence-corrected chi connectivity index (χ0v) is 10.8. The van der Waals surface area contributed by atoms with Crippen LogP contribution in [0.2, 0.25) is 0 Å². The van der Waals surface area contributed by atoms with Gasteiger partial charge in [-0.2, -0.15) is 0 Å². The van der Waals surface area contributed by atoms with Gasteiger partial charge in [0, 0.05) is 28.0 Å². The number of hydrogen-bond acceptors (Lipinski definition) is 3. The number of allylic oxidation sites excluding steroid dienone is 1. The third-order valence-electron chi connectivity index (χ3n) is 3.26. The van der Waals surface area contributed by atoms with E-state index >= 15 is 0 Å². The lowest BCUT2D eigenvalue weighted by molar-refractivity contribution is 0.104. The number of benzene rings is 1. The lowest BCUT2D eigenvalue weighted by Crippen LogP contribution is -1.94. The fourth-order valence-electron chi connectivity index (χ4n) is 2.22. The molecule has 0 unspecified atom stereocenters. The Hall–Kier alpha value is -1.87. The maximum atomic E-state index is 12.2. The van der Waals surface area contributed by atoms with E-state index in [9.17, 15) is 9.90 Å². The molecule has 1 aromatic heterocycles. The molecule has 0 atom stereocenters. The van der Waals surface area contributed by atoms with Gasteiger partial charge >= 0.3 is 0 Å². The van der Waals surface area contributed by atoms with E-state index in [4.69, 9.17) is 0 Å². The predicted octanol–water partition coefficient (Wildman–Crippen LogP) is 3.58. The number of phenols is 1. The largest absolute Gasteiger partial charge is 0.508 e. The first-order valence-electron chi connectivity index (χ1n) is 5.77. The highest BCUT2D eigenvalue weighted by Gasteiger charge is 2.26. The number of carbonyl (C=O) groups is 1. The Morgan fingerprint density at radius 1 is 1.33 bits per heavy atom. The molecule has 0 amide bonds. The van der Waals surface area contributed by atoms with Crippen LogP contribution in [0.5, 0.6) is 5.75 Å². The Balaban J connectivity index is 2.05. The maximum Gasteiger partial charge on any atom is 0.189 e. The van der Waals surface area contributed by atoms with E-state index in [1.165, 1.54) is 5.56 Å². The van der Waals surface area contributed by atoms with Gasteiger partial charge in [-0.15, -0.1) is 11.3 Å². The fourth-order valence-corrected chi connectivity index (χ4v) is 3.11. The van der Waals surface area contributed by atoms with Crippen molar-refractivity contribution in [2.45, 2.75) is 13.3 Å². The van der Waals surface area contributed by atoms with Crippen LogP contribution in [0.4, 0.5) is 0 Å². The quantitative estimate of drug-likeness (QED) is 0.792. The predicted molar refractivity (Wildman–Crippen MR) is 73.2 cm³/mol. The highest BCUT2D eigenvalue weighted by Crippen LogP contribution is 2.34. The van der Waals surface area contributed by atoms with E-state index in [1.807, 2.05) is 24.4 Å². The summed E-state index contributed by atoms with van der Waals surface area (Å²) in [5, 5.41) is 11.8. The van der Waals surface area contributed by atoms with Crippen molar-refractivity contribution in [3.63, 3.8) is 0 Å². The van der Waals surface area contributed by atoms with Gasteiger partial charge < -0.3 is 5.11 Å². The van der Waals surface area contributed by atoms with Crippen LogP contribution in [0.15, 0.2) is 35.2 Å². The summed E-state index contributed by atoms with van der Waals surface area (Å²) in [5.74, 6) is 0.251. The van der Waals surface area contributed by atoms with Crippen LogP contribution in [0.25, 0.3) is 6.08 Å². The number of phenolic OH excluding ortho intramolecular Hbond substituents is 1. The first-order valence-corrected chi connectivity index (χ1v) is 6.65. The Bertz CT molecular complexity index is 665. The molecule has 2 aromatic rings. The van der Waals surface area contributed by atoms with Gasteiger partial charge in [0.15, 0.2) is 5.78 Å². The average Bonchev–Trinajstić information content (AvgIpc) is 2.88. The molecule has 0 fully saturated rings. The van der Waals surface area contributed by atoms with E-state index in [-0.39, 0.29) is 11.5 Å². The Morgan fingerprint density at radius 2 is 2.17 bits per heavy atom. The number of thiophene rings is 1. The first-order chi connectivity index (χ1) is 8.66. The van der Waals surface area contributed by atoms with Crippen LogP contribution in [0.1, 0.15) is 26.4 Å². The smallest absolute Gasteiger partial charge is 0.189 e. The number of ketones is 1. The molecule has 2 nitrogen and oxygen atoms in total. The molecule has 1 aromatic carbocycles. The minimum Gasteiger partial charge on any atom is -0.508 e. The average molecular weight is 256 g/mol. The van der Waals surface area contributed by atoms with E-state index in [0.717, 1.165) is 16.0 Å². The highest BCUT2D eigenvalue weighted by molar-refractivity contribution is 7.11. The monoisotopic (exact) mass is 256 g/mol. The summed E-state index contributed by atoms with van der Waals surface area (Å²) in [4.78, 5) is 13.3. The number of rotatable bonds is 1. The SMILES string of the molecule is Cc1ccsc1/C=C1/Cc2c(O)cccc2C1=O. The zero-order valence-electron chi connectivity index (χ0n) is 9.93. The van der Waals surface area contributed by atoms with Crippen LogP contribution in [-0.2, 0) is 6.42 Å². The molecule has 3 rings (SSSR count). The standard InChI is InChI=1S/C15H12O2S/c1-9-5-6-18-14(9)8-10-7-12-11(15(10)17)3-2-4-13(12)16/h2-6,8,16H,7H2,1H3/b10-8-. The summed E-state index contributed by atoms with van der Waals surface area (Å²) < 4.78 is 0. The number of fused-ring (bicyclic) bond motifs is 1. The lowest BCUT2D eigenvalue weighted by atomic mass is 10.1. The van der Waals surface area contributed by atoms with Crippen molar-refractivity contribution in [3.05, 3.63) is 56.8 Å². The molecule has 0 spiro atoms. The minimum absolute atomic E-state index is 0.0358. The van der Waals surface area contributed by atoms with Crippen molar-refractivity contribution < 1.29 is 9.90 Å². The lowest BCUT2D eigenvalue weighted by Gasteiger charge is -1.97. The molecule has 1 aliphatic rings. The molecular formula is C15H12O2S. The molecular weight excluding hydrogens is 244 g/mol. The second-order valence-corrected chi connectivity index (χ2v) is 5.39. The van der Waals surface area contributed by atoms with Crippen LogP contribution in [0, 0.1) is 6.92 Å². The van der Waals surface area contributed by atoms with Gasteiger partial charge in [-0.25, -0.2) is 0 Å². The van der Waals surface area contributed by atoms with E-state index in [1.54, 1.807) is 29.5 Å². The summed E-state index contributed by atoms with van der Waals surface area (Å²) in [6.45, 7) is 2.03. The molecule has 0 bridgehead atoms. The van der Waals surface area contributed by atoms with E-state index in [0.29, 0.717) is 12.0 Å². The van der Waals surface area contributed by atoms with Gasteiger partial charge in [-0.05, 0) is 36.1 Å². The van der Waals surface area contributed by atoms with Crippen molar-refractivity contribution in [2.75, 3.05) is 0 Å². The maximum absolute atomic E-state index is 12.2. The van der Waals surface area contributed by atoms with Crippen LogP contribution in [-0.4, -0.2) is 10.9 Å². The number of hydrogen-bond donors (Lipinski definition) is 1. The molecule has 0 saturated carbocycles. The van der Waals surface area contributed by atoms with Crippen molar-refractivity contribution in [1.29, 1.82) is 0 Å². The summed E-state index contributed by atoms with van der Waals surface area (Å²) >= 11 is 1.63. The summed E-state index contributed by atoms with van der Waals surface area (Å²) in [5.41, 5.74) is 3.33. The van der Waals surface area contributed by atoms with Crippen molar-refractivity contribution in [1.82, 2.24) is 0 Å². The molecule has 18 heavy (non-hydrogen) atoms. The normalized spacial score (nSPS) is 16.3. The molecule has 3 heteroatoms. The third kappa shape index (κ3) is 1.68. The highest BCUT2D eigenvalue weighted by atomic mass is 32.1. The third-order valence-corrected chi connectivity index (χ3v) is 4.23. The molecule has 1 N–H and O–H groups in total. The van der Waals surface area contributed by atoms with Crippen molar-refractivity contribution in [3.8, 4) is 5.75 Å². The molecule has 90 valence electrons. The second-order valence-electron chi connectivity index (χ2n) is 4.45. The summed E-state index contributed by atoms with van der Waals surface area (Å²) in [6, 6.07) is 7.16. The van der Waals surface area contributed by atoms with Crippen LogP contribution < -0.4 is 0 Å². The topological polar surface area (TPSA) is 37.3 Å². The molecule has 1 heterocycles. The first kappa shape index (κ1) is 11.2. The summed E-state index contributed by atoms with van der Waals surface area (Å²) in [6.07, 6.45) is 2.47. The van der Waals surface area contributed by atoms with Gasteiger partial charge in [-0.3, -0.25) is 4.79 Å². The van der Waals surface area contributed by atoms with Crippen LogP contribution >= 0.6 is 11.3 Å². The van der Waals surface area contributed by atoms with Gasteiger partial charge in [0.25, 0.3) is 0 Å². The summed E-state index contributed by atoms with van der Waals surface area (Å²) in [7, 11) is 0. The Labute approximate surface area is 109 Å². The molecule has 0 radical (unpaired) electrons.